The number of halogens is 3. The SMILES string of the molecule is CCS(=O)(=O)[C@@](Cl)(I)[C@@H](O)c1ccc(Cl)cc1. The van der Waals surface area contributed by atoms with E-state index in [2.05, 4.69) is 0 Å². The Kier molecular flexibility index (Phi) is 5.11. The average molecular weight is 409 g/mol. The first kappa shape index (κ1) is 15.5. The Bertz CT molecular complexity index is 485. The van der Waals surface area contributed by atoms with Crippen molar-refractivity contribution in [3.05, 3.63) is 34.9 Å². The molecule has 1 rings (SSSR count). The molecule has 0 unspecified atom stereocenters. The number of benzene rings is 1. The van der Waals surface area contributed by atoms with Crippen LogP contribution in [0.5, 0.6) is 0 Å². The minimum atomic E-state index is -3.59. The van der Waals surface area contributed by atoms with E-state index in [-0.39, 0.29) is 5.75 Å². The molecule has 0 fully saturated rings. The van der Waals surface area contributed by atoms with Crippen molar-refractivity contribution in [1.29, 1.82) is 0 Å². The number of rotatable bonds is 4. The second kappa shape index (κ2) is 5.61. The number of aliphatic hydroxyl groups excluding tert-OH is 1. The molecule has 0 aromatic heterocycles. The van der Waals surface area contributed by atoms with Gasteiger partial charge in [-0.1, -0.05) is 42.3 Å². The third-order valence-electron chi connectivity index (χ3n) is 2.30. The van der Waals surface area contributed by atoms with Gasteiger partial charge in [-0.05, 0) is 40.3 Å². The molecule has 0 saturated heterocycles. The first-order chi connectivity index (χ1) is 7.72. The molecule has 0 saturated carbocycles. The van der Waals surface area contributed by atoms with Crippen LogP contribution in [-0.4, -0.2) is 21.5 Å². The molecule has 2 atom stereocenters. The second-order valence-electron chi connectivity index (χ2n) is 3.42. The van der Waals surface area contributed by atoms with Crippen molar-refractivity contribution >= 4 is 55.6 Å². The Hall–Kier alpha value is 0.440. The largest absolute Gasteiger partial charge is 0.385 e. The van der Waals surface area contributed by atoms with Gasteiger partial charge in [0.1, 0.15) is 6.10 Å². The fourth-order valence-corrected chi connectivity index (χ4v) is 3.94. The van der Waals surface area contributed by atoms with Gasteiger partial charge in [-0.3, -0.25) is 0 Å². The molecule has 0 amide bonds. The fourth-order valence-electron chi connectivity index (χ4n) is 1.20. The molecular formula is C10H11Cl2IO3S. The van der Waals surface area contributed by atoms with Gasteiger partial charge in [0.15, 0.2) is 9.84 Å². The Morgan fingerprint density at radius 3 is 2.29 bits per heavy atom. The van der Waals surface area contributed by atoms with Gasteiger partial charge in [0, 0.05) is 5.02 Å². The van der Waals surface area contributed by atoms with Gasteiger partial charge in [-0.2, -0.15) is 0 Å². The lowest BCUT2D eigenvalue weighted by atomic mass is 10.1. The highest BCUT2D eigenvalue weighted by atomic mass is 127. The van der Waals surface area contributed by atoms with Gasteiger partial charge >= 0.3 is 0 Å². The number of hydrogen-bond acceptors (Lipinski definition) is 3. The van der Waals surface area contributed by atoms with Crippen LogP contribution >= 0.6 is 45.8 Å². The number of aliphatic hydroxyl groups is 1. The summed E-state index contributed by atoms with van der Waals surface area (Å²) in [5, 5.41) is 10.6. The zero-order chi connectivity index (χ0) is 13.3. The van der Waals surface area contributed by atoms with E-state index in [0.717, 1.165) is 0 Å². The van der Waals surface area contributed by atoms with Gasteiger partial charge in [0.25, 0.3) is 0 Å². The van der Waals surface area contributed by atoms with Crippen LogP contribution in [0.25, 0.3) is 0 Å². The highest BCUT2D eigenvalue weighted by Crippen LogP contribution is 2.43. The lowest BCUT2D eigenvalue weighted by molar-refractivity contribution is 0.187. The molecule has 1 aromatic carbocycles. The van der Waals surface area contributed by atoms with E-state index in [1.54, 1.807) is 46.9 Å². The molecule has 0 aliphatic heterocycles. The highest BCUT2D eigenvalue weighted by molar-refractivity contribution is 14.1. The zero-order valence-electron chi connectivity index (χ0n) is 8.90. The third-order valence-corrected chi connectivity index (χ3v) is 7.88. The summed E-state index contributed by atoms with van der Waals surface area (Å²) < 4.78 is 21.8. The molecule has 0 bridgehead atoms. The molecule has 0 heterocycles. The Balaban J connectivity index is 3.12. The lowest BCUT2D eigenvalue weighted by Crippen LogP contribution is -2.34. The lowest BCUT2D eigenvalue weighted by Gasteiger charge is -2.25. The van der Waals surface area contributed by atoms with Crippen molar-refractivity contribution in [2.75, 3.05) is 5.75 Å². The minimum absolute atomic E-state index is 0.135. The highest BCUT2D eigenvalue weighted by Gasteiger charge is 2.45. The Morgan fingerprint density at radius 2 is 1.88 bits per heavy atom. The van der Waals surface area contributed by atoms with Gasteiger partial charge in [0.2, 0.25) is 2.21 Å². The van der Waals surface area contributed by atoms with Crippen LogP contribution in [-0.2, 0) is 9.84 Å². The fraction of sp³-hybridized carbons (Fsp3) is 0.400. The first-order valence-electron chi connectivity index (χ1n) is 4.76. The average Bonchev–Trinajstić information content (AvgIpc) is 2.28. The molecule has 96 valence electrons. The van der Waals surface area contributed by atoms with Crippen LogP contribution in [0.15, 0.2) is 24.3 Å². The number of hydrogen-bond donors (Lipinski definition) is 1. The maximum absolute atomic E-state index is 11.8. The molecule has 3 nitrogen and oxygen atoms in total. The molecule has 0 spiro atoms. The van der Waals surface area contributed by atoms with Crippen molar-refractivity contribution < 1.29 is 13.5 Å². The van der Waals surface area contributed by atoms with Crippen LogP contribution in [0.3, 0.4) is 0 Å². The Labute approximate surface area is 124 Å². The van der Waals surface area contributed by atoms with E-state index in [1.165, 1.54) is 6.92 Å². The van der Waals surface area contributed by atoms with Crippen LogP contribution < -0.4 is 0 Å². The van der Waals surface area contributed by atoms with E-state index in [1.807, 2.05) is 0 Å². The molecule has 0 radical (unpaired) electrons. The topological polar surface area (TPSA) is 54.4 Å². The van der Waals surface area contributed by atoms with Crippen LogP contribution in [0.1, 0.15) is 18.6 Å². The molecule has 0 aliphatic rings. The molecule has 1 N–H and O–H groups in total. The van der Waals surface area contributed by atoms with Crippen LogP contribution in [0, 0.1) is 0 Å². The normalized spacial score (nSPS) is 17.5. The molecule has 1 aromatic rings. The summed E-state index contributed by atoms with van der Waals surface area (Å²) in [5.74, 6) is -0.135. The van der Waals surface area contributed by atoms with E-state index >= 15 is 0 Å². The summed E-state index contributed by atoms with van der Waals surface area (Å²) in [7, 11) is -3.59. The minimum Gasteiger partial charge on any atom is -0.385 e. The molecule has 17 heavy (non-hydrogen) atoms. The van der Waals surface area contributed by atoms with Crippen molar-refractivity contribution in [3.63, 3.8) is 0 Å². The summed E-state index contributed by atoms with van der Waals surface area (Å²) in [5.41, 5.74) is 0.413. The van der Waals surface area contributed by atoms with Gasteiger partial charge < -0.3 is 5.11 Å². The van der Waals surface area contributed by atoms with E-state index in [4.69, 9.17) is 23.2 Å². The summed E-state index contributed by atoms with van der Waals surface area (Å²) in [6, 6.07) is 6.24. The van der Waals surface area contributed by atoms with Gasteiger partial charge in [-0.25, -0.2) is 8.42 Å². The Morgan fingerprint density at radius 1 is 1.41 bits per heavy atom. The van der Waals surface area contributed by atoms with Crippen molar-refractivity contribution in [1.82, 2.24) is 0 Å². The summed E-state index contributed by atoms with van der Waals surface area (Å²) in [4.78, 5) is 0. The third kappa shape index (κ3) is 3.26. The summed E-state index contributed by atoms with van der Waals surface area (Å²) in [6.07, 6.45) is -1.31. The molecule has 0 aliphatic carbocycles. The summed E-state index contributed by atoms with van der Waals surface area (Å²) >= 11 is 13.2. The van der Waals surface area contributed by atoms with Gasteiger partial charge in [-0.15, -0.1) is 0 Å². The monoisotopic (exact) mass is 408 g/mol. The van der Waals surface area contributed by atoms with E-state index < -0.39 is 18.2 Å². The van der Waals surface area contributed by atoms with E-state index in [0.29, 0.717) is 10.6 Å². The van der Waals surface area contributed by atoms with E-state index in [9.17, 15) is 13.5 Å². The first-order valence-corrected chi connectivity index (χ1v) is 8.24. The number of alkyl halides is 2. The number of sulfone groups is 1. The van der Waals surface area contributed by atoms with Crippen molar-refractivity contribution in [2.24, 2.45) is 0 Å². The van der Waals surface area contributed by atoms with Crippen LogP contribution in [0.2, 0.25) is 5.02 Å². The van der Waals surface area contributed by atoms with Crippen molar-refractivity contribution in [3.8, 4) is 0 Å². The smallest absolute Gasteiger partial charge is 0.225 e. The molecule has 7 heteroatoms. The summed E-state index contributed by atoms with van der Waals surface area (Å²) in [6.45, 7) is 1.49. The van der Waals surface area contributed by atoms with Crippen molar-refractivity contribution in [2.45, 2.75) is 15.2 Å². The predicted molar refractivity (Wildman–Crippen MR) is 78.5 cm³/mol. The maximum atomic E-state index is 11.8. The standard InChI is InChI=1S/C10H11Cl2IO3S/c1-2-17(15,16)10(12,13)9(14)7-3-5-8(11)6-4-7/h3-6,9,14H,2H2,1H3/t9-,10-/m0/s1. The zero-order valence-corrected chi connectivity index (χ0v) is 13.4. The van der Waals surface area contributed by atoms with Crippen LogP contribution in [0.4, 0.5) is 0 Å². The maximum Gasteiger partial charge on any atom is 0.225 e. The second-order valence-corrected chi connectivity index (χ2v) is 10.2. The van der Waals surface area contributed by atoms with Gasteiger partial charge in [0.05, 0.1) is 5.75 Å². The quantitative estimate of drug-likeness (QED) is 0.615. The molecular weight excluding hydrogens is 398 g/mol. The predicted octanol–water partition coefficient (Wildman–Crippen LogP) is 3.14.